The smallest absolute Gasteiger partial charge is 0.292 e. The number of carbonyl (C=O) groups excluding carboxylic acids is 2. The molecule has 1 atom stereocenters. The quantitative estimate of drug-likeness (QED) is 0.405. The first-order valence-electron chi connectivity index (χ1n) is 10.3. The van der Waals surface area contributed by atoms with Crippen LogP contribution in [-0.2, 0) is 9.59 Å². The number of anilines is 1. The van der Waals surface area contributed by atoms with Gasteiger partial charge in [-0.2, -0.15) is 0 Å². The van der Waals surface area contributed by atoms with Gasteiger partial charge in [-0.3, -0.25) is 19.7 Å². The highest BCUT2D eigenvalue weighted by Gasteiger charge is 2.28. The molecule has 1 aliphatic heterocycles. The van der Waals surface area contributed by atoms with Gasteiger partial charge >= 0.3 is 0 Å². The number of amides is 2. The number of carbonyl (C=O) groups is 2. The Labute approximate surface area is 186 Å². The third kappa shape index (κ3) is 5.63. The van der Waals surface area contributed by atoms with E-state index in [-0.39, 0.29) is 17.5 Å². The minimum absolute atomic E-state index is 0.0524. The van der Waals surface area contributed by atoms with Crippen molar-refractivity contribution in [2.24, 2.45) is 0 Å². The molecular formula is C23H26N4O5. The van der Waals surface area contributed by atoms with E-state index in [4.69, 9.17) is 4.74 Å². The highest BCUT2D eigenvalue weighted by atomic mass is 16.6. The van der Waals surface area contributed by atoms with E-state index in [1.807, 2.05) is 17.0 Å². The second-order valence-corrected chi connectivity index (χ2v) is 7.39. The fourth-order valence-corrected chi connectivity index (χ4v) is 3.54. The summed E-state index contributed by atoms with van der Waals surface area (Å²) in [5.74, 6) is 0.186. The summed E-state index contributed by atoms with van der Waals surface area (Å²) in [6.07, 6.45) is 3.05. The Bertz CT molecular complexity index is 998. The summed E-state index contributed by atoms with van der Waals surface area (Å²) in [5.41, 5.74) is 1.44. The van der Waals surface area contributed by atoms with Crippen LogP contribution >= 0.6 is 0 Å². The van der Waals surface area contributed by atoms with Crippen LogP contribution in [0.15, 0.2) is 54.6 Å². The van der Waals surface area contributed by atoms with Gasteiger partial charge in [0.05, 0.1) is 12.0 Å². The number of nitrogens with zero attached hydrogens (tertiary/aromatic N) is 3. The largest absolute Gasteiger partial charge is 0.497 e. The van der Waals surface area contributed by atoms with Crippen molar-refractivity contribution >= 4 is 29.3 Å². The summed E-state index contributed by atoms with van der Waals surface area (Å²) < 4.78 is 5.10. The number of methoxy groups -OCH3 is 1. The van der Waals surface area contributed by atoms with E-state index in [0.717, 1.165) is 11.3 Å². The summed E-state index contributed by atoms with van der Waals surface area (Å²) >= 11 is 0. The summed E-state index contributed by atoms with van der Waals surface area (Å²) in [6, 6.07) is 13.2. The SMILES string of the molecule is COc1ccc(/C=C/C(=O)N[C@H](C)C(=O)N2CCN(c3ccccc3[N+](=O)[O-])CC2)cc1. The van der Waals surface area contributed by atoms with Crippen molar-refractivity contribution in [1.82, 2.24) is 10.2 Å². The van der Waals surface area contributed by atoms with Crippen LogP contribution in [0.3, 0.4) is 0 Å². The molecule has 2 aromatic rings. The number of hydrogen-bond donors (Lipinski definition) is 1. The monoisotopic (exact) mass is 438 g/mol. The highest BCUT2D eigenvalue weighted by molar-refractivity contribution is 5.95. The highest BCUT2D eigenvalue weighted by Crippen LogP contribution is 2.28. The van der Waals surface area contributed by atoms with Gasteiger partial charge in [0.2, 0.25) is 11.8 Å². The van der Waals surface area contributed by atoms with Gasteiger partial charge in [0.1, 0.15) is 17.5 Å². The zero-order chi connectivity index (χ0) is 23.1. The fourth-order valence-electron chi connectivity index (χ4n) is 3.54. The molecule has 1 saturated heterocycles. The Kier molecular flexibility index (Phi) is 7.43. The van der Waals surface area contributed by atoms with Gasteiger partial charge < -0.3 is 19.9 Å². The Hall–Kier alpha value is -3.88. The maximum Gasteiger partial charge on any atom is 0.292 e. The molecule has 2 aromatic carbocycles. The molecule has 9 heteroatoms. The Balaban J connectivity index is 1.51. The molecule has 3 rings (SSSR count). The molecule has 1 N–H and O–H groups in total. The Morgan fingerprint density at radius 3 is 2.38 bits per heavy atom. The topological polar surface area (TPSA) is 105 Å². The molecule has 9 nitrogen and oxygen atoms in total. The average molecular weight is 438 g/mol. The molecule has 1 heterocycles. The van der Waals surface area contributed by atoms with Gasteiger partial charge in [-0.05, 0) is 36.8 Å². The standard InChI is InChI=1S/C23H26N4O5/c1-17(24-22(28)12-9-18-7-10-19(32-2)11-8-18)23(29)26-15-13-25(14-16-26)20-5-3-4-6-21(20)27(30)31/h3-12,17H,13-16H2,1-2H3,(H,24,28)/b12-9+/t17-/m1/s1. The number of nitro groups is 1. The van der Waals surface area contributed by atoms with Crippen molar-refractivity contribution in [1.29, 1.82) is 0 Å². The van der Waals surface area contributed by atoms with Crippen LogP contribution in [0.2, 0.25) is 0 Å². The van der Waals surface area contributed by atoms with Crippen LogP contribution in [-0.4, -0.2) is 61.0 Å². The Morgan fingerprint density at radius 1 is 1.09 bits per heavy atom. The fraction of sp³-hybridized carbons (Fsp3) is 0.304. The molecule has 0 spiro atoms. The summed E-state index contributed by atoms with van der Waals surface area (Å²) in [5, 5.41) is 14.0. The molecule has 1 fully saturated rings. The van der Waals surface area contributed by atoms with Crippen LogP contribution in [0, 0.1) is 10.1 Å². The van der Waals surface area contributed by atoms with Gasteiger partial charge in [-0.25, -0.2) is 0 Å². The first-order chi connectivity index (χ1) is 15.4. The number of para-hydroxylation sites is 2. The summed E-state index contributed by atoms with van der Waals surface area (Å²) in [4.78, 5) is 39.4. The zero-order valence-corrected chi connectivity index (χ0v) is 18.1. The predicted octanol–water partition coefficient (Wildman–Crippen LogP) is 2.47. The Morgan fingerprint density at radius 2 is 1.75 bits per heavy atom. The van der Waals surface area contributed by atoms with Crippen molar-refractivity contribution < 1.29 is 19.2 Å². The molecule has 0 unspecified atom stereocenters. The second kappa shape index (κ2) is 10.4. The number of rotatable bonds is 7. The van der Waals surface area contributed by atoms with Crippen molar-refractivity contribution in [3.63, 3.8) is 0 Å². The van der Waals surface area contributed by atoms with Gasteiger partial charge in [0.25, 0.3) is 5.69 Å². The van der Waals surface area contributed by atoms with E-state index in [9.17, 15) is 19.7 Å². The van der Waals surface area contributed by atoms with Gasteiger partial charge in [0.15, 0.2) is 0 Å². The lowest BCUT2D eigenvalue weighted by Gasteiger charge is -2.36. The number of hydrogen-bond acceptors (Lipinski definition) is 6. The number of nitrogens with one attached hydrogen (secondary N) is 1. The second-order valence-electron chi connectivity index (χ2n) is 7.39. The van der Waals surface area contributed by atoms with E-state index in [0.29, 0.717) is 31.9 Å². The molecule has 0 aliphatic carbocycles. The lowest BCUT2D eigenvalue weighted by molar-refractivity contribution is -0.384. The van der Waals surface area contributed by atoms with Gasteiger partial charge in [-0.15, -0.1) is 0 Å². The number of nitro benzene ring substituents is 1. The average Bonchev–Trinajstić information content (AvgIpc) is 2.82. The molecule has 0 bridgehead atoms. The van der Waals surface area contributed by atoms with E-state index < -0.39 is 11.0 Å². The van der Waals surface area contributed by atoms with E-state index >= 15 is 0 Å². The molecule has 2 amide bonds. The molecule has 1 aliphatic rings. The normalized spacial score (nSPS) is 14.8. The van der Waals surface area contributed by atoms with E-state index in [1.54, 1.807) is 55.3 Å². The van der Waals surface area contributed by atoms with Crippen LogP contribution in [0.1, 0.15) is 12.5 Å². The maximum atomic E-state index is 12.7. The van der Waals surface area contributed by atoms with Crippen LogP contribution in [0.4, 0.5) is 11.4 Å². The maximum absolute atomic E-state index is 12.7. The molecular weight excluding hydrogens is 412 g/mol. The van der Waals surface area contributed by atoms with Crippen molar-refractivity contribution in [3.8, 4) is 5.75 Å². The minimum atomic E-state index is -0.680. The number of benzene rings is 2. The summed E-state index contributed by atoms with van der Waals surface area (Å²) in [6.45, 7) is 3.46. The first kappa shape index (κ1) is 22.8. The zero-order valence-electron chi connectivity index (χ0n) is 18.1. The molecule has 32 heavy (non-hydrogen) atoms. The van der Waals surface area contributed by atoms with Gasteiger partial charge in [-0.1, -0.05) is 24.3 Å². The van der Waals surface area contributed by atoms with Crippen molar-refractivity contribution in [2.45, 2.75) is 13.0 Å². The predicted molar refractivity (Wildman–Crippen MR) is 122 cm³/mol. The minimum Gasteiger partial charge on any atom is -0.497 e. The molecule has 0 aromatic heterocycles. The first-order valence-corrected chi connectivity index (χ1v) is 10.3. The van der Waals surface area contributed by atoms with Crippen molar-refractivity contribution in [3.05, 3.63) is 70.3 Å². The molecule has 168 valence electrons. The lowest BCUT2D eigenvalue weighted by Crippen LogP contribution is -2.54. The molecule has 0 saturated carbocycles. The third-order valence-corrected chi connectivity index (χ3v) is 5.28. The lowest BCUT2D eigenvalue weighted by atomic mass is 10.2. The van der Waals surface area contributed by atoms with Crippen LogP contribution < -0.4 is 15.0 Å². The van der Waals surface area contributed by atoms with E-state index in [2.05, 4.69) is 5.32 Å². The third-order valence-electron chi connectivity index (χ3n) is 5.28. The van der Waals surface area contributed by atoms with Crippen LogP contribution in [0.25, 0.3) is 6.08 Å². The molecule has 0 radical (unpaired) electrons. The van der Waals surface area contributed by atoms with Crippen molar-refractivity contribution in [2.75, 3.05) is 38.2 Å². The number of ether oxygens (including phenoxy) is 1. The van der Waals surface area contributed by atoms with E-state index in [1.165, 1.54) is 12.1 Å². The van der Waals surface area contributed by atoms with Gasteiger partial charge in [0, 0.05) is 38.3 Å². The number of piperazine rings is 1. The van der Waals surface area contributed by atoms with Crippen LogP contribution in [0.5, 0.6) is 5.75 Å². The summed E-state index contributed by atoms with van der Waals surface area (Å²) in [7, 11) is 1.59.